The lowest BCUT2D eigenvalue weighted by Gasteiger charge is -2.34. The second-order valence-corrected chi connectivity index (χ2v) is 5.55. The standard InChI is InChI=1S/C15H22ClN3O/c1-2-7-18-8-10-19(11-9-18)15(20)17-12-13-3-5-14(16)6-4-13/h3-6H,2,7-12H2,1H3,(H,17,20). The van der Waals surface area contributed by atoms with Crippen LogP contribution in [0.1, 0.15) is 18.9 Å². The Kier molecular flexibility index (Phi) is 5.68. The van der Waals surface area contributed by atoms with E-state index in [4.69, 9.17) is 11.6 Å². The van der Waals surface area contributed by atoms with Crippen LogP contribution in [0.2, 0.25) is 5.02 Å². The minimum absolute atomic E-state index is 0.0242. The molecule has 1 aliphatic rings. The van der Waals surface area contributed by atoms with E-state index in [0.717, 1.165) is 38.3 Å². The van der Waals surface area contributed by atoms with Gasteiger partial charge < -0.3 is 10.2 Å². The Bertz CT molecular complexity index is 427. The number of urea groups is 1. The number of hydrogen-bond donors (Lipinski definition) is 1. The van der Waals surface area contributed by atoms with Crippen molar-refractivity contribution >= 4 is 17.6 Å². The Balaban J connectivity index is 1.74. The molecule has 0 radical (unpaired) electrons. The maximum absolute atomic E-state index is 12.1. The number of carbonyl (C=O) groups excluding carboxylic acids is 1. The van der Waals surface area contributed by atoms with Crippen molar-refractivity contribution in [2.45, 2.75) is 19.9 Å². The Morgan fingerprint density at radius 2 is 1.85 bits per heavy atom. The van der Waals surface area contributed by atoms with Crippen LogP contribution >= 0.6 is 11.6 Å². The summed E-state index contributed by atoms with van der Waals surface area (Å²) in [7, 11) is 0. The summed E-state index contributed by atoms with van der Waals surface area (Å²) < 4.78 is 0. The highest BCUT2D eigenvalue weighted by molar-refractivity contribution is 6.30. The lowest BCUT2D eigenvalue weighted by Crippen LogP contribution is -2.51. The Hall–Kier alpha value is -1.26. The lowest BCUT2D eigenvalue weighted by atomic mass is 10.2. The number of halogens is 1. The van der Waals surface area contributed by atoms with E-state index >= 15 is 0 Å². The van der Waals surface area contributed by atoms with Crippen molar-refractivity contribution in [1.29, 1.82) is 0 Å². The molecule has 2 rings (SSSR count). The number of carbonyl (C=O) groups is 1. The van der Waals surface area contributed by atoms with Gasteiger partial charge in [0.05, 0.1) is 0 Å². The lowest BCUT2D eigenvalue weighted by molar-refractivity contribution is 0.139. The van der Waals surface area contributed by atoms with E-state index < -0.39 is 0 Å². The number of rotatable bonds is 4. The topological polar surface area (TPSA) is 35.6 Å². The first kappa shape index (κ1) is 15.1. The fourth-order valence-corrected chi connectivity index (χ4v) is 2.51. The van der Waals surface area contributed by atoms with Crippen LogP contribution in [0.15, 0.2) is 24.3 Å². The first-order chi connectivity index (χ1) is 9.69. The van der Waals surface area contributed by atoms with E-state index in [-0.39, 0.29) is 6.03 Å². The fraction of sp³-hybridized carbons (Fsp3) is 0.533. The summed E-state index contributed by atoms with van der Waals surface area (Å²) in [5.41, 5.74) is 1.06. The summed E-state index contributed by atoms with van der Waals surface area (Å²) in [6.07, 6.45) is 1.17. The van der Waals surface area contributed by atoms with Gasteiger partial charge in [-0.1, -0.05) is 30.7 Å². The zero-order valence-corrected chi connectivity index (χ0v) is 12.7. The maximum atomic E-state index is 12.1. The Morgan fingerprint density at radius 3 is 2.45 bits per heavy atom. The molecule has 0 saturated carbocycles. The minimum Gasteiger partial charge on any atom is -0.334 e. The van der Waals surface area contributed by atoms with Crippen LogP contribution in [0.4, 0.5) is 4.79 Å². The highest BCUT2D eigenvalue weighted by Gasteiger charge is 2.19. The number of amides is 2. The van der Waals surface area contributed by atoms with E-state index in [9.17, 15) is 4.79 Å². The average molecular weight is 296 g/mol. The molecule has 1 heterocycles. The molecule has 0 atom stereocenters. The van der Waals surface area contributed by atoms with Crippen molar-refractivity contribution in [3.8, 4) is 0 Å². The highest BCUT2D eigenvalue weighted by atomic mass is 35.5. The smallest absolute Gasteiger partial charge is 0.317 e. The average Bonchev–Trinajstić information content (AvgIpc) is 2.47. The highest BCUT2D eigenvalue weighted by Crippen LogP contribution is 2.09. The van der Waals surface area contributed by atoms with Gasteiger partial charge in [-0.15, -0.1) is 0 Å². The number of benzene rings is 1. The molecule has 0 aromatic heterocycles. The summed E-state index contributed by atoms with van der Waals surface area (Å²) in [6, 6.07) is 7.57. The predicted octanol–water partition coefficient (Wildman–Crippen LogP) is 2.58. The third-order valence-corrected chi connectivity index (χ3v) is 3.81. The first-order valence-corrected chi connectivity index (χ1v) is 7.56. The summed E-state index contributed by atoms with van der Waals surface area (Å²) >= 11 is 5.84. The van der Waals surface area contributed by atoms with Crippen LogP contribution in [0.3, 0.4) is 0 Å². The van der Waals surface area contributed by atoms with Crippen LogP contribution in [0.5, 0.6) is 0 Å². The molecule has 2 amide bonds. The summed E-state index contributed by atoms with van der Waals surface area (Å²) in [6.45, 7) is 7.43. The van der Waals surface area contributed by atoms with Crippen LogP contribution in [-0.4, -0.2) is 48.6 Å². The molecule has 0 aliphatic carbocycles. The monoisotopic (exact) mass is 295 g/mol. The Labute approximate surface area is 125 Å². The minimum atomic E-state index is 0.0242. The molecule has 1 fully saturated rings. The molecule has 1 aliphatic heterocycles. The molecule has 1 aromatic rings. The van der Waals surface area contributed by atoms with Gasteiger partial charge in [0, 0.05) is 37.7 Å². The largest absolute Gasteiger partial charge is 0.334 e. The number of nitrogens with zero attached hydrogens (tertiary/aromatic N) is 2. The summed E-state index contributed by atoms with van der Waals surface area (Å²) in [5, 5.41) is 3.68. The number of hydrogen-bond acceptors (Lipinski definition) is 2. The molecule has 110 valence electrons. The summed E-state index contributed by atoms with van der Waals surface area (Å²) in [5.74, 6) is 0. The molecule has 1 saturated heterocycles. The van der Waals surface area contributed by atoms with E-state index in [1.165, 1.54) is 6.42 Å². The zero-order chi connectivity index (χ0) is 14.4. The molecule has 1 N–H and O–H groups in total. The van der Waals surface area contributed by atoms with Crippen molar-refractivity contribution < 1.29 is 4.79 Å². The van der Waals surface area contributed by atoms with Gasteiger partial charge in [-0.2, -0.15) is 0 Å². The van der Waals surface area contributed by atoms with Crippen LogP contribution < -0.4 is 5.32 Å². The van der Waals surface area contributed by atoms with E-state index in [0.29, 0.717) is 11.6 Å². The molecule has 5 heteroatoms. The maximum Gasteiger partial charge on any atom is 0.317 e. The van der Waals surface area contributed by atoms with Gasteiger partial charge in [0.1, 0.15) is 0 Å². The van der Waals surface area contributed by atoms with Gasteiger partial charge in [0.15, 0.2) is 0 Å². The molecule has 0 bridgehead atoms. The van der Waals surface area contributed by atoms with Crippen LogP contribution in [0.25, 0.3) is 0 Å². The normalized spacial score (nSPS) is 16.2. The summed E-state index contributed by atoms with van der Waals surface area (Å²) in [4.78, 5) is 16.4. The van der Waals surface area contributed by atoms with Gasteiger partial charge in [-0.05, 0) is 30.7 Å². The van der Waals surface area contributed by atoms with Gasteiger partial charge in [-0.25, -0.2) is 4.79 Å². The number of piperazine rings is 1. The number of nitrogens with one attached hydrogen (secondary N) is 1. The van der Waals surface area contributed by atoms with Gasteiger partial charge in [0.2, 0.25) is 0 Å². The van der Waals surface area contributed by atoms with E-state index in [1.807, 2.05) is 29.2 Å². The molecule has 0 unspecified atom stereocenters. The zero-order valence-electron chi connectivity index (χ0n) is 11.9. The second-order valence-electron chi connectivity index (χ2n) is 5.11. The third-order valence-electron chi connectivity index (χ3n) is 3.56. The SMILES string of the molecule is CCCN1CCN(C(=O)NCc2ccc(Cl)cc2)CC1. The van der Waals surface area contributed by atoms with Gasteiger partial charge >= 0.3 is 6.03 Å². The van der Waals surface area contributed by atoms with Gasteiger partial charge in [-0.3, -0.25) is 4.90 Å². The molecular weight excluding hydrogens is 274 g/mol. The van der Waals surface area contributed by atoms with Crippen molar-refractivity contribution in [3.05, 3.63) is 34.9 Å². The van der Waals surface area contributed by atoms with E-state index in [1.54, 1.807) is 0 Å². The predicted molar refractivity (Wildman–Crippen MR) is 82.0 cm³/mol. The molecule has 20 heavy (non-hydrogen) atoms. The van der Waals surface area contributed by atoms with Crippen LogP contribution in [-0.2, 0) is 6.54 Å². The fourth-order valence-electron chi connectivity index (χ4n) is 2.38. The molecule has 0 spiro atoms. The Morgan fingerprint density at radius 1 is 1.20 bits per heavy atom. The van der Waals surface area contributed by atoms with Crippen LogP contribution in [0, 0.1) is 0 Å². The van der Waals surface area contributed by atoms with Crippen molar-refractivity contribution in [3.63, 3.8) is 0 Å². The second kappa shape index (κ2) is 7.50. The molecule has 4 nitrogen and oxygen atoms in total. The van der Waals surface area contributed by atoms with Crippen molar-refractivity contribution in [2.75, 3.05) is 32.7 Å². The van der Waals surface area contributed by atoms with Crippen molar-refractivity contribution in [2.24, 2.45) is 0 Å². The van der Waals surface area contributed by atoms with Crippen molar-refractivity contribution in [1.82, 2.24) is 15.1 Å². The van der Waals surface area contributed by atoms with E-state index in [2.05, 4.69) is 17.1 Å². The molecular formula is C15H22ClN3O. The quantitative estimate of drug-likeness (QED) is 0.927. The first-order valence-electron chi connectivity index (χ1n) is 7.18. The molecule has 1 aromatic carbocycles. The van der Waals surface area contributed by atoms with Gasteiger partial charge in [0.25, 0.3) is 0 Å². The third kappa shape index (κ3) is 4.39.